The van der Waals surface area contributed by atoms with Gasteiger partial charge < -0.3 is 4.90 Å². The average Bonchev–Trinajstić information content (AvgIpc) is 3.52. The van der Waals surface area contributed by atoms with E-state index in [1.54, 1.807) is 16.2 Å². The molecule has 1 saturated heterocycles. The molecule has 1 aromatic carbocycles. The van der Waals surface area contributed by atoms with Gasteiger partial charge in [-0.1, -0.05) is 19.1 Å². The van der Waals surface area contributed by atoms with Crippen molar-refractivity contribution in [1.29, 1.82) is 5.26 Å². The molecule has 1 fully saturated rings. The number of aryl methyl sites for hydroxylation is 2. The zero-order chi connectivity index (χ0) is 22.0. The minimum absolute atomic E-state index is 0.0334. The molecule has 2 aromatic heterocycles. The molecule has 3 aromatic rings. The Morgan fingerprint density at radius 1 is 1.19 bits per heavy atom. The molecule has 158 valence electrons. The molecule has 0 aliphatic carbocycles. The van der Waals surface area contributed by atoms with Crippen LogP contribution in [0.4, 0.5) is 0 Å². The summed E-state index contributed by atoms with van der Waals surface area (Å²) < 4.78 is 2.43. The maximum Gasteiger partial charge on any atom is 0.273 e. The van der Waals surface area contributed by atoms with Crippen LogP contribution in [0.3, 0.4) is 0 Å². The first-order valence-electron chi connectivity index (χ1n) is 10.3. The van der Waals surface area contributed by atoms with E-state index in [0.29, 0.717) is 28.0 Å². The van der Waals surface area contributed by atoms with Crippen molar-refractivity contribution in [3.8, 4) is 11.8 Å². The number of hydrogen-bond acceptors (Lipinski definition) is 5. The van der Waals surface area contributed by atoms with Crippen LogP contribution in [0.2, 0.25) is 0 Å². The third-order valence-electron chi connectivity index (χ3n) is 5.52. The van der Waals surface area contributed by atoms with Gasteiger partial charge in [0.05, 0.1) is 10.2 Å². The highest BCUT2D eigenvalue weighted by atomic mass is 32.1. The van der Waals surface area contributed by atoms with Gasteiger partial charge in [-0.15, -0.1) is 22.7 Å². The van der Waals surface area contributed by atoms with Crippen LogP contribution in [0, 0.1) is 18.3 Å². The Balaban J connectivity index is 2.00. The fourth-order valence-corrected chi connectivity index (χ4v) is 5.69. The average molecular weight is 450 g/mol. The molecule has 7 heteroatoms. The number of likely N-dealkylation sites (tertiary alicyclic amines) is 1. The maximum absolute atomic E-state index is 13.4. The standard InChI is InChI=1S/C24H23N3O2S2/c1-3-17-6-8-18(9-7-17)27-23(29)21(14-20-16(2)10-13-30-20)31-24(27)19(15-25)22(28)26-11-4-5-12-26/h6-10,13-14H,3-5,11-12H2,1-2H3/b21-14+,24-19-. The minimum atomic E-state index is -0.293. The summed E-state index contributed by atoms with van der Waals surface area (Å²) >= 11 is 2.78. The first-order valence-corrected chi connectivity index (χ1v) is 12.0. The highest BCUT2D eigenvalue weighted by molar-refractivity contribution is 7.11. The molecule has 0 N–H and O–H groups in total. The Kier molecular flexibility index (Phi) is 6.21. The van der Waals surface area contributed by atoms with E-state index in [9.17, 15) is 14.9 Å². The first-order chi connectivity index (χ1) is 15.0. The van der Waals surface area contributed by atoms with Gasteiger partial charge in [0.1, 0.15) is 10.7 Å². The summed E-state index contributed by atoms with van der Waals surface area (Å²) in [5, 5.41) is 11.9. The number of carbonyl (C=O) groups excluding carboxylic acids is 1. The van der Waals surface area contributed by atoms with Crippen LogP contribution in [-0.4, -0.2) is 28.5 Å². The van der Waals surface area contributed by atoms with Gasteiger partial charge in [0.2, 0.25) is 0 Å². The van der Waals surface area contributed by atoms with Crippen LogP contribution in [0.5, 0.6) is 0 Å². The second-order valence-electron chi connectivity index (χ2n) is 7.53. The maximum atomic E-state index is 13.4. The molecular formula is C24H23N3O2S2. The van der Waals surface area contributed by atoms with Crippen LogP contribution < -0.4 is 14.8 Å². The monoisotopic (exact) mass is 449 g/mol. The molecule has 4 rings (SSSR count). The molecule has 0 radical (unpaired) electrons. The Morgan fingerprint density at radius 2 is 1.90 bits per heavy atom. The zero-order valence-electron chi connectivity index (χ0n) is 17.6. The highest BCUT2D eigenvalue weighted by Gasteiger charge is 2.24. The minimum Gasteiger partial charge on any atom is -0.338 e. The summed E-state index contributed by atoms with van der Waals surface area (Å²) in [5.41, 5.74) is 2.74. The fraction of sp³-hybridized carbons (Fsp3) is 0.292. The van der Waals surface area contributed by atoms with Crippen LogP contribution in [0.1, 0.15) is 35.8 Å². The van der Waals surface area contributed by atoms with Gasteiger partial charge in [0.25, 0.3) is 11.5 Å². The third-order valence-corrected chi connectivity index (χ3v) is 7.58. The van der Waals surface area contributed by atoms with Crippen LogP contribution >= 0.6 is 22.7 Å². The molecule has 3 heterocycles. The SMILES string of the molecule is CCc1ccc(-n2c(=O)/c(=C\c3sccc3C)s/c2=C(/C#N)C(=O)N2CCCC2)cc1. The normalized spacial score (nSPS) is 15.3. The van der Waals surface area contributed by atoms with E-state index < -0.39 is 0 Å². The van der Waals surface area contributed by atoms with Gasteiger partial charge in [0, 0.05) is 18.0 Å². The van der Waals surface area contributed by atoms with Gasteiger partial charge in [0.15, 0.2) is 5.57 Å². The molecule has 1 aliphatic heterocycles. The van der Waals surface area contributed by atoms with E-state index >= 15 is 0 Å². The number of rotatable bonds is 4. The lowest BCUT2D eigenvalue weighted by Crippen LogP contribution is -2.35. The number of hydrogen-bond donors (Lipinski definition) is 0. The Morgan fingerprint density at radius 3 is 2.48 bits per heavy atom. The van der Waals surface area contributed by atoms with Crippen LogP contribution in [-0.2, 0) is 11.2 Å². The summed E-state index contributed by atoms with van der Waals surface area (Å²) in [4.78, 5) is 29.3. The quantitative estimate of drug-likeness (QED) is 0.615. The van der Waals surface area contributed by atoms with Crippen molar-refractivity contribution in [2.45, 2.75) is 33.1 Å². The number of nitriles is 1. The van der Waals surface area contributed by atoms with Crippen molar-refractivity contribution in [3.05, 3.63) is 71.3 Å². The van der Waals surface area contributed by atoms with E-state index in [4.69, 9.17) is 0 Å². The number of aromatic nitrogens is 1. The molecule has 0 saturated carbocycles. The highest BCUT2D eigenvalue weighted by Crippen LogP contribution is 2.16. The van der Waals surface area contributed by atoms with Gasteiger partial charge in [-0.25, -0.2) is 0 Å². The number of carbonyl (C=O) groups is 1. The Hall–Kier alpha value is -2.95. The van der Waals surface area contributed by atoms with Crippen molar-refractivity contribution in [1.82, 2.24) is 9.47 Å². The third kappa shape index (κ3) is 4.14. The van der Waals surface area contributed by atoms with E-state index in [-0.39, 0.29) is 17.0 Å². The van der Waals surface area contributed by atoms with Crippen molar-refractivity contribution >= 4 is 40.2 Å². The summed E-state index contributed by atoms with van der Waals surface area (Å²) in [5.74, 6) is -0.293. The largest absolute Gasteiger partial charge is 0.338 e. The molecule has 0 unspecified atom stereocenters. The number of thiazole rings is 1. The van der Waals surface area contributed by atoms with Crippen LogP contribution in [0.15, 0.2) is 40.5 Å². The molecule has 0 bridgehead atoms. The molecule has 0 spiro atoms. The fourth-order valence-electron chi connectivity index (χ4n) is 3.68. The lowest BCUT2D eigenvalue weighted by Gasteiger charge is -2.14. The van der Waals surface area contributed by atoms with E-state index in [1.807, 2.05) is 48.7 Å². The molecule has 31 heavy (non-hydrogen) atoms. The molecule has 5 nitrogen and oxygen atoms in total. The molecule has 1 aliphatic rings. The first kappa shape index (κ1) is 21.3. The summed E-state index contributed by atoms with van der Waals surface area (Å²) in [6.07, 6.45) is 4.64. The summed E-state index contributed by atoms with van der Waals surface area (Å²) in [6, 6.07) is 11.8. The van der Waals surface area contributed by atoms with Gasteiger partial charge in [-0.3, -0.25) is 14.2 Å². The van der Waals surface area contributed by atoms with Crippen molar-refractivity contribution in [2.75, 3.05) is 13.1 Å². The van der Waals surface area contributed by atoms with E-state index in [2.05, 4.69) is 13.0 Å². The molecule has 1 amide bonds. The Labute approximate surface area is 188 Å². The summed E-state index contributed by atoms with van der Waals surface area (Å²) in [6.45, 7) is 5.38. The van der Waals surface area contributed by atoms with Crippen molar-refractivity contribution in [3.63, 3.8) is 0 Å². The number of amides is 1. The van der Waals surface area contributed by atoms with Gasteiger partial charge in [-0.05, 0) is 67.0 Å². The van der Waals surface area contributed by atoms with Crippen molar-refractivity contribution in [2.24, 2.45) is 0 Å². The van der Waals surface area contributed by atoms with Gasteiger partial charge in [-0.2, -0.15) is 5.26 Å². The lowest BCUT2D eigenvalue weighted by atomic mass is 10.1. The van der Waals surface area contributed by atoms with E-state index in [1.165, 1.54) is 15.9 Å². The van der Waals surface area contributed by atoms with Crippen LogP contribution in [0.25, 0.3) is 17.3 Å². The molecular weight excluding hydrogens is 426 g/mol. The smallest absolute Gasteiger partial charge is 0.273 e. The second-order valence-corrected chi connectivity index (χ2v) is 9.51. The molecule has 0 atom stereocenters. The second kappa shape index (κ2) is 9.04. The van der Waals surface area contributed by atoms with Crippen molar-refractivity contribution < 1.29 is 4.79 Å². The summed E-state index contributed by atoms with van der Waals surface area (Å²) in [7, 11) is 0. The Bertz CT molecular complexity index is 1330. The predicted molar refractivity (Wildman–Crippen MR) is 126 cm³/mol. The number of benzene rings is 1. The zero-order valence-corrected chi connectivity index (χ0v) is 19.2. The predicted octanol–water partition coefficient (Wildman–Crippen LogP) is 2.96. The number of nitrogens with zero attached hydrogens (tertiary/aromatic N) is 3. The number of thiophene rings is 1. The topological polar surface area (TPSA) is 66.1 Å². The van der Waals surface area contributed by atoms with Gasteiger partial charge >= 0.3 is 0 Å². The van der Waals surface area contributed by atoms with E-state index in [0.717, 1.165) is 35.3 Å². The lowest BCUT2D eigenvalue weighted by molar-refractivity contribution is -0.123.